The maximum absolute atomic E-state index is 9.12. The van der Waals surface area contributed by atoms with Gasteiger partial charge in [-0.3, -0.25) is 0 Å². The Bertz CT molecular complexity index is 3010. The van der Waals surface area contributed by atoms with Crippen molar-refractivity contribution in [1.82, 2.24) is 0 Å². The zero-order chi connectivity index (χ0) is 56.0. The second kappa shape index (κ2) is 25.8. The zero-order valence-corrected chi connectivity index (χ0v) is 51.7. The van der Waals surface area contributed by atoms with E-state index in [1.165, 1.54) is 76.3 Å². The van der Waals surface area contributed by atoms with Crippen LogP contribution in [0.5, 0.6) is 34.5 Å². The molecular formula is C65H70Cl2N2O6P2Ru+2. The summed E-state index contributed by atoms with van der Waals surface area (Å²) in [5.74, 6) is 4.62. The summed E-state index contributed by atoms with van der Waals surface area (Å²) in [6.45, 7) is 21.9. The molecule has 10 rings (SSSR count). The molecule has 0 saturated carbocycles. The average Bonchev–Trinajstić information content (AvgIpc) is 4.15. The molecule has 0 fully saturated rings. The Labute approximate surface area is 480 Å². The molecule has 0 amide bonds. The van der Waals surface area contributed by atoms with Gasteiger partial charge in [-0.1, -0.05) is 85.0 Å². The van der Waals surface area contributed by atoms with Gasteiger partial charge in [0.05, 0.1) is 41.2 Å². The van der Waals surface area contributed by atoms with Crippen LogP contribution in [0.15, 0.2) is 146 Å². The fourth-order valence-electron chi connectivity index (χ4n) is 11.0. The van der Waals surface area contributed by atoms with E-state index in [4.69, 9.17) is 59.3 Å². The van der Waals surface area contributed by atoms with Crippen LogP contribution in [0.2, 0.25) is 0 Å². The molecule has 1 atom stereocenters. The number of aryl methyl sites for hydroxylation is 8. The number of hydrogen-bond acceptors (Lipinski definition) is 6. The molecule has 8 aromatic rings. The van der Waals surface area contributed by atoms with Gasteiger partial charge in [0, 0.05) is 0 Å². The van der Waals surface area contributed by atoms with Gasteiger partial charge in [-0.05, 0) is 197 Å². The molecule has 2 aliphatic rings. The Morgan fingerprint density at radius 3 is 1.00 bits per heavy atom. The molecule has 13 heteroatoms. The van der Waals surface area contributed by atoms with Gasteiger partial charge in [0.1, 0.15) is 43.3 Å². The van der Waals surface area contributed by atoms with Gasteiger partial charge in [-0.15, -0.1) is 6.04 Å². The summed E-state index contributed by atoms with van der Waals surface area (Å²) in [5, 5.41) is 7.86. The van der Waals surface area contributed by atoms with Crippen molar-refractivity contribution in [3.05, 3.63) is 213 Å². The van der Waals surface area contributed by atoms with E-state index in [1.54, 1.807) is 14.2 Å². The molecule has 2 aliphatic heterocycles. The van der Waals surface area contributed by atoms with Gasteiger partial charge in [0.25, 0.3) is 0 Å². The molecule has 0 unspecified atom stereocenters. The summed E-state index contributed by atoms with van der Waals surface area (Å²) in [6, 6.07) is 51.2. The molecule has 0 spiro atoms. The Balaban J connectivity index is 0.000000258. The van der Waals surface area contributed by atoms with E-state index >= 15 is 0 Å². The number of hydrogen-bond donors (Lipinski definition) is 0. The minimum absolute atomic E-state index is 0.0525. The van der Waals surface area contributed by atoms with Gasteiger partial charge in [0.2, 0.25) is 13.6 Å². The summed E-state index contributed by atoms with van der Waals surface area (Å²) >= 11 is -0.346. The number of ether oxygens (including phenoxy) is 6. The third-order valence-corrected chi connectivity index (χ3v) is 19.5. The fourth-order valence-corrected chi connectivity index (χ4v) is 17.4. The second-order valence-corrected chi connectivity index (χ2v) is 28.3. The van der Waals surface area contributed by atoms with E-state index in [9.17, 15) is 0 Å². The molecule has 0 aromatic heterocycles. The average molecular weight is 1210 g/mol. The van der Waals surface area contributed by atoms with Crippen molar-refractivity contribution in [3.8, 4) is 45.6 Å². The first-order valence-corrected chi connectivity index (χ1v) is 33.4. The number of halogens is 2. The van der Waals surface area contributed by atoms with Crippen LogP contribution >= 0.6 is 35.2 Å². The quantitative estimate of drug-likeness (QED) is 0.0842. The number of fused-ring (bicyclic) bond motifs is 2. The molecular weight excluding hydrogens is 1140 g/mol. The Hall–Kier alpha value is -5.46. The summed E-state index contributed by atoms with van der Waals surface area (Å²) in [6.07, 6.45) is 0. The number of nitrogens with one attached hydrogen (secondary N) is 2. The van der Waals surface area contributed by atoms with Gasteiger partial charge in [0.15, 0.2) is 23.0 Å². The van der Waals surface area contributed by atoms with Crippen molar-refractivity contribution >= 4 is 67.1 Å². The van der Waals surface area contributed by atoms with Gasteiger partial charge in [-0.25, -0.2) is 0 Å². The van der Waals surface area contributed by atoms with E-state index < -0.39 is 27.4 Å². The van der Waals surface area contributed by atoms with Crippen LogP contribution in [0.3, 0.4) is 0 Å². The van der Waals surface area contributed by atoms with Crippen molar-refractivity contribution in [2.75, 3.05) is 27.8 Å². The van der Waals surface area contributed by atoms with Crippen molar-refractivity contribution in [3.63, 3.8) is 0 Å². The summed E-state index contributed by atoms with van der Waals surface area (Å²) < 4.78 is 35.8. The van der Waals surface area contributed by atoms with E-state index in [2.05, 4.69) is 152 Å². The molecule has 0 bridgehead atoms. The number of rotatable bonds is 13. The first-order valence-electron chi connectivity index (χ1n) is 25.9. The van der Waals surface area contributed by atoms with Crippen LogP contribution in [0, 0.1) is 61.3 Å². The van der Waals surface area contributed by atoms with Crippen LogP contribution in [0.25, 0.3) is 22.6 Å². The number of benzene rings is 8. The molecule has 2 heterocycles. The standard InChI is InChI=1S/C46H44O4P2.C19H24N2O2.2ClH.Ru/c1-27-13-28(2)18-35(17-27)51(36-19-29(3)14-30(4)20-36)41-11-9-39-45(49-25-47-39)43(41)44-42(12-10-40-46(44)50-26-48-40)52(37-21-31(5)15-32(6)22-37)38-23-33(7)16-34(8)24-38;1-13(2)18(20)19(21,14-5-9-16(22-3)10-6-14)15-7-11-17(23-4)12-8-15;;;/h9-24H,25-26H2,1-8H3;5-13,18,20-21H,1-4H3;2*1H;/q;-2;;;+4/t;18-;;;/m.0.../s1. The first-order chi connectivity index (χ1) is 37.4. The molecule has 0 radical (unpaired) electrons. The summed E-state index contributed by atoms with van der Waals surface area (Å²) in [7, 11) is 9.75. The van der Waals surface area contributed by atoms with Crippen molar-refractivity contribution < 1.29 is 43.6 Å². The van der Waals surface area contributed by atoms with Crippen LogP contribution in [0.1, 0.15) is 69.5 Å². The Morgan fingerprint density at radius 2 is 0.744 bits per heavy atom. The minimum atomic E-state index is -1.60. The van der Waals surface area contributed by atoms with Crippen molar-refractivity contribution in [2.24, 2.45) is 5.92 Å². The van der Waals surface area contributed by atoms with Crippen LogP contribution in [-0.2, 0) is 20.7 Å². The summed E-state index contributed by atoms with van der Waals surface area (Å²) in [5.41, 5.74) is 30.4. The molecule has 78 heavy (non-hydrogen) atoms. The van der Waals surface area contributed by atoms with Crippen LogP contribution in [0.4, 0.5) is 0 Å². The summed E-state index contributed by atoms with van der Waals surface area (Å²) in [4.78, 5) is 0. The normalized spacial score (nSPS) is 12.8. The Kier molecular flexibility index (Phi) is 19.4. The molecule has 8 nitrogen and oxygen atoms in total. The van der Waals surface area contributed by atoms with Gasteiger partial charge in [-0.2, -0.15) is 0 Å². The van der Waals surface area contributed by atoms with Crippen LogP contribution in [-0.4, -0.2) is 33.8 Å². The van der Waals surface area contributed by atoms with E-state index in [-0.39, 0.29) is 34.6 Å². The van der Waals surface area contributed by atoms with Crippen molar-refractivity contribution in [1.29, 1.82) is 0 Å². The predicted molar refractivity (Wildman–Crippen MR) is 328 cm³/mol. The van der Waals surface area contributed by atoms with Gasteiger partial charge >= 0.3 is 34.5 Å². The molecule has 0 saturated heterocycles. The topological polar surface area (TPSA) is 103 Å². The maximum atomic E-state index is 9.12. The fraction of sp³-hybridized carbons (Fsp3) is 0.262. The van der Waals surface area contributed by atoms with E-state index in [0.717, 1.165) is 56.8 Å². The first kappa shape index (κ1) is 58.7. The predicted octanol–water partition coefficient (Wildman–Crippen LogP) is 14.7. The Morgan fingerprint density at radius 1 is 0.462 bits per heavy atom. The zero-order valence-electron chi connectivity index (χ0n) is 46.5. The van der Waals surface area contributed by atoms with Gasteiger partial charge < -0.3 is 39.9 Å². The SMILES string of the molecule is COc1ccc(C([NH-])(c2ccc(OC)cc2)[C@@H]([NH-])C(C)C)cc1.Cc1cc(C)cc([PH+](c2cc(C)cc(C)c2)c2ccc3c(c2-c2c([PH+](c4cc(C)cc(C)c4)c4cc(C)cc(C)c4)ccc4c2OCO4)OCO3)c1.[Cl][Ru+2][Cl]. The monoisotopic (exact) mass is 1210 g/mol. The molecule has 406 valence electrons. The number of methoxy groups -OCH3 is 2. The van der Waals surface area contributed by atoms with E-state index in [0.29, 0.717) is 0 Å². The third-order valence-electron chi connectivity index (χ3n) is 14.1. The third kappa shape index (κ3) is 12.9. The molecule has 2 N–H and O–H groups in total. The second-order valence-electron chi connectivity index (χ2n) is 20.7. The van der Waals surface area contributed by atoms with Crippen molar-refractivity contribution in [2.45, 2.75) is 80.8 Å². The van der Waals surface area contributed by atoms with E-state index in [1.807, 2.05) is 62.4 Å². The molecule has 8 aromatic carbocycles. The molecule has 0 aliphatic carbocycles. The van der Waals surface area contributed by atoms with Crippen LogP contribution < -0.4 is 60.2 Å².